The third-order valence-electron chi connectivity index (χ3n) is 3.08. The van der Waals surface area contributed by atoms with Crippen molar-refractivity contribution in [3.8, 4) is 5.75 Å². The molecule has 0 aromatic heterocycles. The highest BCUT2D eigenvalue weighted by Gasteiger charge is 2.31. The Kier molecular flexibility index (Phi) is 2.52. The summed E-state index contributed by atoms with van der Waals surface area (Å²) in [6.07, 6.45) is -0.330. The normalized spacial score (nSPS) is 17.2. The van der Waals surface area contributed by atoms with Crippen molar-refractivity contribution in [1.82, 2.24) is 0 Å². The van der Waals surface area contributed by atoms with Crippen LogP contribution in [0.3, 0.4) is 0 Å². The summed E-state index contributed by atoms with van der Waals surface area (Å²) in [4.78, 5) is 11.8. The number of esters is 1. The summed E-state index contributed by atoms with van der Waals surface area (Å²) in [5.41, 5.74) is 2.48. The van der Waals surface area contributed by atoms with Crippen LogP contribution in [-0.2, 0) is 4.74 Å². The Morgan fingerprint density at radius 1 is 1.11 bits per heavy atom. The second-order valence-electron chi connectivity index (χ2n) is 4.15. The number of ether oxygens (including phenoxy) is 2. The lowest BCUT2D eigenvalue weighted by Gasteiger charge is -2.12. The second kappa shape index (κ2) is 4.18. The molecule has 0 N–H and O–H groups in total. The molecule has 0 unspecified atom stereocenters. The van der Waals surface area contributed by atoms with Crippen LogP contribution in [0.5, 0.6) is 5.75 Å². The Hall–Kier alpha value is -2.29. The molecule has 0 fully saturated rings. The largest absolute Gasteiger partial charge is 0.497 e. The maximum absolute atomic E-state index is 11.8. The molecule has 3 heteroatoms. The van der Waals surface area contributed by atoms with Gasteiger partial charge in [-0.15, -0.1) is 0 Å². The van der Waals surface area contributed by atoms with Crippen molar-refractivity contribution in [1.29, 1.82) is 0 Å². The van der Waals surface area contributed by atoms with Gasteiger partial charge in [0.15, 0.2) is 6.10 Å². The fourth-order valence-corrected chi connectivity index (χ4v) is 2.20. The van der Waals surface area contributed by atoms with Gasteiger partial charge in [-0.2, -0.15) is 0 Å². The lowest BCUT2D eigenvalue weighted by molar-refractivity contribution is 0.0455. The van der Waals surface area contributed by atoms with Gasteiger partial charge in [-0.3, -0.25) is 0 Å². The first kappa shape index (κ1) is 10.8. The predicted molar refractivity (Wildman–Crippen MR) is 66.7 cm³/mol. The average molecular weight is 240 g/mol. The summed E-state index contributed by atoms with van der Waals surface area (Å²) in [6, 6.07) is 15.0. The molecule has 0 bridgehead atoms. The number of methoxy groups -OCH3 is 1. The van der Waals surface area contributed by atoms with Crippen LogP contribution >= 0.6 is 0 Å². The number of rotatable bonds is 2. The quantitative estimate of drug-likeness (QED) is 0.757. The van der Waals surface area contributed by atoms with E-state index in [9.17, 15) is 4.79 Å². The number of benzene rings is 2. The molecule has 0 saturated carbocycles. The first-order chi connectivity index (χ1) is 8.79. The van der Waals surface area contributed by atoms with Gasteiger partial charge in [0, 0.05) is 11.1 Å². The van der Waals surface area contributed by atoms with Crippen molar-refractivity contribution in [2.24, 2.45) is 0 Å². The monoisotopic (exact) mass is 240 g/mol. The first-order valence-electron chi connectivity index (χ1n) is 5.73. The third-order valence-corrected chi connectivity index (χ3v) is 3.08. The molecule has 1 aliphatic heterocycles. The van der Waals surface area contributed by atoms with Crippen molar-refractivity contribution < 1.29 is 14.3 Å². The minimum absolute atomic E-state index is 0.265. The van der Waals surface area contributed by atoms with Gasteiger partial charge in [-0.25, -0.2) is 4.79 Å². The lowest BCUT2D eigenvalue weighted by atomic mass is 9.99. The Labute approximate surface area is 105 Å². The maximum Gasteiger partial charge on any atom is 0.339 e. The number of cyclic esters (lactones) is 1. The number of hydrogen-bond acceptors (Lipinski definition) is 3. The van der Waals surface area contributed by atoms with E-state index < -0.39 is 0 Å². The number of carbonyl (C=O) groups excluding carboxylic acids is 1. The van der Waals surface area contributed by atoms with Gasteiger partial charge in [0.2, 0.25) is 0 Å². The molecule has 0 amide bonds. The molecule has 0 spiro atoms. The van der Waals surface area contributed by atoms with Crippen molar-refractivity contribution in [2.75, 3.05) is 7.11 Å². The highest BCUT2D eigenvalue weighted by molar-refractivity contribution is 5.94. The lowest BCUT2D eigenvalue weighted by Crippen LogP contribution is -2.00. The molecule has 3 nitrogen and oxygen atoms in total. The van der Waals surface area contributed by atoms with E-state index >= 15 is 0 Å². The predicted octanol–water partition coefficient (Wildman–Crippen LogP) is 2.96. The molecule has 18 heavy (non-hydrogen) atoms. The fraction of sp³-hybridized carbons (Fsp3) is 0.133. The molecular weight excluding hydrogens is 228 g/mol. The van der Waals surface area contributed by atoms with E-state index in [1.165, 1.54) is 0 Å². The van der Waals surface area contributed by atoms with Crippen LogP contribution in [0.15, 0.2) is 48.5 Å². The topological polar surface area (TPSA) is 35.5 Å². The van der Waals surface area contributed by atoms with Crippen molar-refractivity contribution in [3.63, 3.8) is 0 Å². The van der Waals surface area contributed by atoms with E-state index in [-0.39, 0.29) is 12.1 Å². The van der Waals surface area contributed by atoms with E-state index in [1.807, 2.05) is 42.5 Å². The molecule has 2 aromatic rings. The van der Waals surface area contributed by atoms with E-state index in [2.05, 4.69) is 0 Å². The van der Waals surface area contributed by atoms with Crippen LogP contribution in [0.1, 0.15) is 27.6 Å². The van der Waals surface area contributed by atoms with Crippen LogP contribution in [0.4, 0.5) is 0 Å². The van der Waals surface area contributed by atoms with Gasteiger partial charge in [0.25, 0.3) is 0 Å². The molecule has 2 aromatic carbocycles. The van der Waals surface area contributed by atoms with Gasteiger partial charge in [0.05, 0.1) is 12.7 Å². The molecule has 90 valence electrons. The number of hydrogen-bond donors (Lipinski definition) is 0. The molecule has 0 saturated heterocycles. The second-order valence-corrected chi connectivity index (χ2v) is 4.15. The van der Waals surface area contributed by atoms with Crippen molar-refractivity contribution >= 4 is 5.97 Å². The zero-order chi connectivity index (χ0) is 12.5. The minimum Gasteiger partial charge on any atom is -0.497 e. The van der Waals surface area contributed by atoms with Crippen LogP contribution in [-0.4, -0.2) is 13.1 Å². The van der Waals surface area contributed by atoms with Crippen LogP contribution < -0.4 is 4.74 Å². The summed E-state index contributed by atoms with van der Waals surface area (Å²) in [6.45, 7) is 0. The molecule has 0 radical (unpaired) electrons. The van der Waals surface area contributed by atoms with E-state index in [4.69, 9.17) is 9.47 Å². The average Bonchev–Trinajstić information content (AvgIpc) is 2.77. The molecule has 0 aliphatic carbocycles. The van der Waals surface area contributed by atoms with Crippen molar-refractivity contribution in [2.45, 2.75) is 6.10 Å². The smallest absolute Gasteiger partial charge is 0.339 e. The summed E-state index contributed by atoms with van der Waals surface area (Å²) in [7, 11) is 1.62. The SMILES string of the molecule is COc1cccc([C@H]2OC(=O)c3ccccc32)c1. The van der Waals surface area contributed by atoms with Gasteiger partial charge < -0.3 is 9.47 Å². The summed E-state index contributed by atoms with van der Waals surface area (Å²) >= 11 is 0. The van der Waals surface area contributed by atoms with Gasteiger partial charge in [-0.05, 0) is 18.2 Å². The highest BCUT2D eigenvalue weighted by atomic mass is 16.5. The van der Waals surface area contributed by atoms with Crippen LogP contribution in [0, 0.1) is 0 Å². The molecule has 3 rings (SSSR count). The number of carbonyl (C=O) groups is 1. The Morgan fingerprint density at radius 3 is 2.78 bits per heavy atom. The van der Waals surface area contributed by atoms with E-state index in [1.54, 1.807) is 13.2 Å². The summed E-state index contributed by atoms with van der Waals surface area (Å²) in [5.74, 6) is 0.492. The Bertz CT molecular complexity index is 604. The van der Waals surface area contributed by atoms with Crippen LogP contribution in [0.25, 0.3) is 0 Å². The highest BCUT2D eigenvalue weighted by Crippen LogP contribution is 2.36. The molecule has 1 heterocycles. The Balaban J connectivity index is 2.06. The number of fused-ring (bicyclic) bond motifs is 1. The molecule has 1 atom stereocenters. The standard InChI is InChI=1S/C15H12O3/c1-17-11-6-4-5-10(9-11)14-12-7-2-3-8-13(12)15(16)18-14/h2-9,14H,1H3/t14-/m1/s1. The summed E-state index contributed by atoms with van der Waals surface area (Å²) in [5, 5.41) is 0. The first-order valence-corrected chi connectivity index (χ1v) is 5.73. The van der Waals surface area contributed by atoms with E-state index in [0.29, 0.717) is 5.56 Å². The van der Waals surface area contributed by atoms with Gasteiger partial charge >= 0.3 is 5.97 Å². The zero-order valence-corrected chi connectivity index (χ0v) is 9.92. The molecule has 1 aliphatic rings. The summed E-state index contributed by atoms with van der Waals surface area (Å²) < 4.78 is 10.6. The van der Waals surface area contributed by atoms with Gasteiger partial charge in [-0.1, -0.05) is 30.3 Å². The van der Waals surface area contributed by atoms with Gasteiger partial charge in [0.1, 0.15) is 5.75 Å². The van der Waals surface area contributed by atoms with Crippen LogP contribution in [0.2, 0.25) is 0 Å². The van der Waals surface area contributed by atoms with E-state index in [0.717, 1.165) is 16.9 Å². The third kappa shape index (κ3) is 1.64. The maximum atomic E-state index is 11.8. The zero-order valence-electron chi connectivity index (χ0n) is 9.92. The molecular formula is C15H12O3. The minimum atomic E-state index is -0.330. The van der Waals surface area contributed by atoms with Crippen molar-refractivity contribution in [3.05, 3.63) is 65.2 Å². The fourth-order valence-electron chi connectivity index (χ4n) is 2.20. The Morgan fingerprint density at radius 2 is 1.94 bits per heavy atom.